The second-order valence-electron chi connectivity index (χ2n) is 6.15. The summed E-state index contributed by atoms with van der Waals surface area (Å²) in [6.45, 7) is 4.19. The van der Waals surface area contributed by atoms with Crippen LogP contribution in [0.25, 0.3) is 0 Å². The van der Waals surface area contributed by atoms with E-state index in [1.165, 1.54) is 36.8 Å². The molecule has 0 radical (unpaired) electrons. The van der Waals surface area contributed by atoms with Crippen molar-refractivity contribution < 1.29 is 0 Å². The molecule has 0 amide bonds. The summed E-state index contributed by atoms with van der Waals surface area (Å²) in [7, 11) is 0. The molecule has 0 saturated heterocycles. The van der Waals surface area contributed by atoms with Gasteiger partial charge in [-0.15, -0.1) is 0 Å². The highest BCUT2D eigenvalue weighted by atomic mass is 15.0. The van der Waals surface area contributed by atoms with Crippen LogP contribution >= 0.6 is 0 Å². The monoisotopic (exact) mass is 244 g/mol. The zero-order valence-electron chi connectivity index (χ0n) is 11.3. The summed E-state index contributed by atoms with van der Waals surface area (Å²) in [6.07, 6.45) is 5.03. The van der Waals surface area contributed by atoms with Gasteiger partial charge in [0.05, 0.1) is 5.54 Å². The summed E-state index contributed by atoms with van der Waals surface area (Å²) < 4.78 is 0. The molecule has 3 N–H and O–H groups in total. The number of nitrogens with one attached hydrogen (secondary N) is 1. The molecule has 1 fully saturated rings. The smallest absolute Gasteiger partial charge is 0.0561 e. The number of nitrogens with two attached hydrogens (primary N) is 1. The van der Waals surface area contributed by atoms with Gasteiger partial charge in [0.15, 0.2) is 0 Å². The average molecular weight is 244 g/mol. The van der Waals surface area contributed by atoms with Crippen molar-refractivity contribution in [3.8, 4) is 0 Å². The molecule has 0 spiro atoms. The minimum absolute atomic E-state index is 0.0388. The highest BCUT2D eigenvalue weighted by molar-refractivity contribution is 5.36. The van der Waals surface area contributed by atoms with Crippen LogP contribution < -0.4 is 11.1 Å². The van der Waals surface area contributed by atoms with Crippen molar-refractivity contribution in [1.82, 2.24) is 5.32 Å². The predicted octanol–water partition coefficient (Wildman–Crippen LogP) is 2.42. The molecule has 2 aliphatic carbocycles. The first-order valence-electron chi connectivity index (χ1n) is 7.29. The molecule has 0 aliphatic heterocycles. The lowest BCUT2D eigenvalue weighted by molar-refractivity contribution is 0.287. The first kappa shape index (κ1) is 12.2. The van der Waals surface area contributed by atoms with Gasteiger partial charge in [0.2, 0.25) is 0 Å². The molecule has 2 heteroatoms. The molecule has 3 unspecified atom stereocenters. The Morgan fingerprint density at radius 1 is 1.39 bits per heavy atom. The molecular formula is C16H24N2. The van der Waals surface area contributed by atoms with Crippen molar-refractivity contribution >= 4 is 0 Å². The summed E-state index contributed by atoms with van der Waals surface area (Å²) >= 11 is 0. The molecule has 1 aromatic carbocycles. The Morgan fingerprint density at radius 2 is 2.17 bits per heavy atom. The molecule has 1 saturated carbocycles. The molecule has 2 nitrogen and oxygen atoms in total. The standard InChI is InChI=1S/C16H24N2/c1-12-9-14(12)10-18-16(11-17)8-4-6-13-5-2-3-7-15(13)16/h2-3,5,7,12,14,18H,4,6,8-11,17H2,1H3. The highest BCUT2D eigenvalue weighted by Crippen LogP contribution is 2.39. The van der Waals surface area contributed by atoms with E-state index in [2.05, 4.69) is 36.5 Å². The van der Waals surface area contributed by atoms with E-state index in [0.717, 1.165) is 18.4 Å². The molecule has 2 aliphatic rings. The van der Waals surface area contributed by atoms with E-state index in [-0.39, 0.29) is 5.54 Å². The van der Waals surface area contributed by atoms with Crippen molar-refractivity contribution in [3.05, 3.63) is 35.4 Å². The van der Waals surface area contributed by atoms with Gasteiger partial charge in [-0.05, 0) is 55.2 Å². The van der Waals surface area contributed by atoms with Crippen LogP contribution in [-0.4, -0.2) is 13.1 Å². The second kappa shape index (κ2) is 4.67. The SMILES string of the molecule is CC1CC1CNC1(CN)CCCc2ccccc21. The van der Waals surface area contributed by atoms with Crippen LogP contribution in [0.4, 0.5) is 0 Å². The lowest BCUT2D eigenvalue weighted by Crippen LogP contribution is -2.51. The Morgan fingerprint density at radius 3 is 2.89 bits per heavy atom. The Hall–Kier alpha value is -0.860. The quantitative estimate of drug-likeness (QED) is 0.853. The van der Waals surface area contributed by atoms with Gasteiger partial charge in [-0.25, -0.2) is 0 Å². The third-order valence-electron chi connectivity index (χ3n) is 4.91. The maximum Gasteiger partial charge on any atom is 0.0561 e. The molecule has 0 heterocycles. The Balaban J connectivity index is 1.82. The molecule has 3 atom stereocenters. The van der Waals surface area contributed by atoms with Crippen molar-refractivity contribution in [2.24, 2.45) is 17.6 Å². The van der Waals surface area contributed by atoms with E-state index in [0.29, 0.717) is 6.54 Å². The lowest BCUT2D eigenvalue weighted by atomic mass is 9.76. The van der Waals surface area contributed by atoms with E-state index >= 15 is 0 Å². The van der Waals surface area contributed by atoms with Gasteiger partial charge in [0.25, 0.3) is 0 Å². The maximum atomic E-state index is 6.13. The number of rotatable bonds is 4. The van der Waals surface area contributed by atoms with Crippen LogP contribution in [0, 0.1) is 11.8 Å². The van der Waals surface area contributed by atoms with Crippen molar-refractivity contribution in [2.45, 2.75) is 38.1 Å². The molecule has 0 bridgehead atoms. The minimum Gasteiger partial charge on any atom is -0.328 e. The fourth-order valence-electron chi connectivity index (χ4n) is 3.40. The zero-order chi connectivity index (χ0) is 12.6. The number of benzene rings is 1. The Kier molecular flexibility index (Phi) is 3.16. The second-order valence-corrected chi connectivity index (χ2v) is 6.15. The zero-order valence-corrected chi connectivity index (χ0v) is 11.3. The minimum atomic E-state index is 0.0388. The molecule has 98 valence electrons. The van der Waals surface area contributed by atoms with Gasteiger partial charge < -0.3 is 11.1 Å². The number of fused-ring (bicyclic) bond motifs is 1. The Bertz CT molecular complexity index is 429. The van der Waals surface area contributed by atoms with E-state index < -0.39 is 0 Å². The third-order valence-corrected chi connectivity index (χ3v) is 4.91. The van der Waals surface area contributed by atoms with Crippen molar-refractivity contribution in [1.29, 1.82) is 0 Å². The molecular weight excluding hydrogens is 220 g/mol. The van der Waals surface area contributed by atoms with Gasteiger partial charge in [-0.2, -0.15) is 0 Å². The first-order chi connectivity index (χ1) is 8.75. The van der Waals surface area contributed by atoms with E-state index in [4.69, 9.17) is 5.73 Å². The van der Waals surface area contributed by atoms with E-state index in [9.17, 15) is 0 Å². The normalized spacial score (nSPS) is 34.1. The van der Waals surface area contributed by atoms with Crippen LogP contribution in [0.5, 0.6) is 0 Å². The topological polar surface area (TPSA) is 38.0 Å². The van der Waals surface area contributed by atoms with Crippen molar-refractivity contribution in [2.75, 3.05) is 13.1 Å². The predicted molar refractivity (Wildman–Crippen MR) is 75.4 cm³/mol. The summed E-state index contributed by atoms with van der Waals surface area (Å²) in [5.41, 5.74) is 9.11. The Labute approximate surface area is 110 Å². The molecule has 18 heavy (non-hydrogen) atoms. The first-order valence-corrected chi connectivity index (χ1v) is 7.29. The van der Waals surface area contributed by atoms with Gasteiger partial charge in [-0.3, -0.25) is 0 Å². The van der Waals surface area contributed by atoms with Gasteiger partial charge in [0.1, 0.15) is 0 Å². The number of aryl methyl sites for hydroxylation is 1. The van der Waals surface area contributed by atoms with Crippen LogP contribution in [0.3, 0.4) is 0 Å². The van der Waals surface area contributed by atoms with Crippen LogP contribution in [0.15, 0.2) is 24.3 Å². The largest absolute Gasteiger partial charge is 0.328 e. The molecule has 0 aromatic heterocycles. The summed E-state index contributed by atoms with van der Waals surface area (Å²) in [5.74, 6) is 1.79. The van der Waals surface area contributed by atoms with E-state index in [1.807, 2.05) is 0 Å². The fraction of sp³-hybridized carbons (Fsp3) is 0.625. The summed E-state index contributed by atoms with van der Waals surface area (Å²) in [5, 5.41) is 3.81. The van der Waals surface area contributed by atoms with Crippen LogP contribution in [0.2, 0.25) is 0 Å². The van der Waals surface area contributed by atoms with Crippen LogP contribution in [-0.2, 0) is 12.0 Å². The maximum absolute atomic E-state index is 6.13. The third kappa shape index (κ3) is 2.08. The van der Waals surface area contributed by atoms with Gasteiger partial charge >= 0.3 is 0 Å². The molecule has 3 rings (SSSR count). The molecule has 1 aromatic rings. The number of hydrogen-bond acceptors (Lipinski definition) is 2. The highest BCUT2D eigenvalue weighted by Gasteiger charge is 2.38. The van der Waals surface area contributed by atoms with E-state index in [1.54, 1.807) is 0 Å². The lowest BCUT2D eigenvalue weighted by Gasteiger charge is -2.39. The average Bonchev–Trinajstić information content (AvgIpc) is 3.12. The fourth-order valence-corrected chi connectivity index (χ4v) is 3.40. The van der Waals surface area contributed by atoms with Crippen LogP contribution in [0.1, 0.15) is 37.3 Å². The summed E-state index contributed by atoms with van der Waals surface area (Å²) in [6, 6.07) is 8.83. The van der Waals surface area contributed by atoms with Gasteiger partial charge in [-0.1, -0.05) is 31.2 Å². The van der Waals surface area contributed by atoms with Gasteiger partial charge in [0, 0.05) is 6.54 Å². The summed E-state index contributed by atoms with van der Waals surface area (Å²) in [4.78, 5) is 0. The number of hydrogen-bond donors (Lipinski definition) is 2. The van der Waals surface area contributed by atoms with Crippen molar-refractivity contribution in [3.63, 3.8) is 0 Å².